The number of hydrogen-bond acceptors (Lipinski definition) is 3. The third-order valence-corrected chi connectivity index (χ3v) is 4.98. The fourth-order valence-corrected chi connectivity index (χ4v) is 2.89. The molecule has 0 aromatic rings. The fourth-order valence-electron chi connectivity index (χ4n) is 2.89. The van der Waals surface area contributed by atoms with Gasteiger partial charge in [0, 0.05) is 12.8 Å². The van der Waals surface area contributed by atoms with Crippen molar-refractivity contribution in [3.8, 4) is 0 Å². The number of carboxylic acids is 1. The average molecular weight is 415 g/mol. The Morgan fingerprint density at radius 3 is 1.38 bits per heavy atom. The molecule has 0 spiro atoms. The maximum absolute atomic E-state index is 10.4. The van der Waals surface area contributed by atoms with Crippen molar-refractivity contribution >= 4 is 11.9 Å². The van der Waals surface area contributed by atoms with Crippen LogP contribution < -0.4 is 0 Å². The van der Waals surface area contributed by atoms with Gasteiger partial charge in [-0.2, -0.15) is 0 Å². The first-order chi connectivity index (χ1) is 13.4. The van der Waals surface area contributed by atoms with Crippen LogP contribution in [0.15, 0.2) is 0 Å². The number of carbonyl (C=O) groups excluding carboxylic acids is 1. The Hall–Kier alpha value is -1.06. The Bertz CT molecular complexity index is 405. The van der Waals surface area contributed by atoms with E-state index in [1.807, 2.05) is 27.7 Å². The molecule has 4 nitrogen and oxygen atoms in total. The van der Waals surface area contributed by atoms with Gasteiger partial charge in [-0.25, -0.2) is 0 Å². The lowest BCUT2D eigenvalue weighted by atomic mass is 9.78. The van der Waals surface area contributed by atoms with E-state index in [1.165, 1.54) is 45.6 Å². The first-order valence-corrected chi connectivity index (χ1v) is 11.7. The molecule has 2 aliphatic rings. The van der Waals surface area contributed by atoms with E-state index >= 15 is 0 Å². The summed E-state index contributed by atoms with van der Waals surface area (Å²) in [6, 6.07) is 0. The zero-order valence-corrected chi connectivity index (χ0v) is 20.8. The Labute approximate surface area is 181 Å². The second-order valence-corrected chi connectivity index (χ2v) is 10.2. The van der Waals surface area contributed by atoms with Gasteiger partial charge in [0.05, 0.1) is 7.11 Å². The van der Waals surface area contributed by atoms with Gasteiger partial charge in [-0.3, -0.25) is 9.59 Å². The largest absolute Gasteiger partial charge is 0.481 e. The molecule has 0 atom stereocenters. The number of methoxy groups -OCH3 is 1. The lowest BCUT2D eigenvalue weighted by Gasteiger charge is -2.28. The van der Waals surface area contributed by atoms with Crippen LogP contribution in [0.3, 0.4) is 0 Å². The van der Waals surface area contributed by atoms with Crippen LogP contribution in [0.5, 0.6) is 0 Å². The van der Waals surface area contributed by atoms with E-state index < -0.39 is 5.97 Å². The predicted molar refractivity (Wildman–Crippen MR) is 123 cm³/mol. The number of carbonyl (C=O) groups is 2. The van der Waals surface area contributed by atoms with E-state index in [2.05, 4.69) is 32.4 Å². The molecule has 2 rings (SSSR count). The number of ether oxygens (including phenoxy) is 1. The van der Waals surface area contributed by atoms with E-state index in [0.29, 0.717) is 12.3 Å². The van der Waals surface area contributed by atoms with Crippen LogP contribution in [0.2, 0.25) is 0 Å². The summed E-state index contributed by atoms with van der Waals surface area (Å²) in [5, 5.41) is 8.08. The second kappa shape index (κ2) is 17.8. The number of hydrogen-bond donors (Lipinski definition) is 1. The summed E-state index contributed by atoms with van der Waals surface area (Å²) in [6.07, 6.45) is 9.78. The lowest BCUT2D eigenvalue weighted by molar-refractivity contribution is -0.141. The van der Waals surface area contributed by atoms with Crippen molar-refractivity contribution in [2.45, 2.75) is 107 Å². The van der Waals surface area contributed by atoms with Crippen LogP contribution >= 0.6 is 0 Å². The highest BCUT2D eigenvalue weighted by molar-refractivity contribution is 5.69. The van der Waals surface area contributed by atoms with Gasteiger partial charge in [0.1, 0.15) is 0 Å². The number of esters is 1. The summed E-state index contributed by atoms with van der Waals surface area (Å²) in [4.78, 5) is 20.2. The SMILES string of the molecule is CC(C)C1CCC1.CC(C)CC(=O)O.CC(C)CC1CC1.COC(=O)CC(C)C. The Balaban J connectivity index is 0. The molecule has 1 N–H and O–H groups in total. The summed E-state index contributed by atoms with van der Waals surface area (Å²) in [7, 11) is 1.41. The standard InChI is InChI=1S/2C7H14.C6H12O2.C5H10O2/c1-6(2)5-7-3-4-7;1-6(2)7-4-3-5-7;1-5(2)4-6(7)8-3;1-4(2)3-5(6)7/h2*6-7H,3-5H2,1-2H3;5H,4H2,1-3H3;4H,3H2,1-2H3,(H,6,7). The van der Waals surface area contributed by atoms with Gasteiger partial charge < -0.3 is 9.84 Å². The molecule has 0 bridgehead atoms. The zero-order valence-electron chi connectivity index (χ0n) is 20.8. The van der Waals surface area contributed by atoms with Crippen LogP contribution in [-0.2, 0) is 14.3 Å². The molecule has 4 heteroatoms. The number of aliphatic carboxylic acids is 1. The molecule has 29 heavy (non-hydrogen) atoms. The highest BCUT2D eigenvalue weighted by atomic mass is 16.5. The quantitative estimate of drug-likeness (QED) is 0.447. The van der Waals surface area contributed by atoms with E-state index in [4.69, 9.17) is 5.11 Å². The molecule has 0 unspecified atom stereocenters. The van der Waals surface area contributed by atoms with Crippen molar-refractivity contribution in [2.24, 2.45) is 35.5 Å². The zero-order chi connectivity index (χ0) is 23.0. The Morgan fingerprint density at radius 2 is 1.31 bits per heavy atom. The molecule has 2 aliphatic carbocycles. The molecule has 2 fully saturated rings. The van der Waals surface area contributed by atoms with Gasteiger partial charge in [0.15, 0.2) is 0 Å². The summed E-state index contributed by atoms with van der Waals surface area (Å²) in [5.41, 5.74) is 0. The topological polar surface area (TPSA) is 63.6 Å². The Morgan fingerprint density at radius 1 is 0.828 bits per heavy atom. The van der Waals surface area contributed by atoms with Gasteiger partial charge in [-0.05, 0) is 41.9 Å². The summed E-state index contributed by atoms with van der Waals surface area (Å²) < 4.78 is 4.42. The molecule has 174 valence electrons. The lowest BCUT2D eigenvalue weighted by Crippen LogP contribution is -2.16. The second-order valence-electron chi connectivity index (χ2n) is 10.2. The molecule has 0 heterocycles. The first-order valence-electron chi connectivity index (χ1n) is 11.7. The third kappa shape index (κ3) is 24.9. The molecular formula is C25H50O4. The summed E-state index contributed by atoms with van der Waals surface area (Å²) in [5.74, 6) is 3.94. The Kier molecular flexibility index (Phi) is 18.5. The van der Waals surface area contributed by atoms with E-state index in [0.717, 1.165) is 23.7 Å². The van der Waals surface area contributed by atoms with E-state index in [9.17, 15) is 9.59 Å². The van der Waals surface area contributed by atoms with Crippen molar-refractivity contribution in [1.82, 2.24) is 0 Å². The summed E-state index contributed by atoms with van der Waals surface area (Å²) >= 11 is 0. The first kappa shape index (κ1) is 30.1. The van der Waals surface area contributed by atoms with Gasteiger partial charge in [-0.15, -0.1) is 0 Å². The predicted octanol–water partition coefficient (Wildman–Crippen LogP) is 7.21. The molecule has 0 amide bonds. The van der Waals surface area contributed by atoms with Crippen LogP contribution in [-0.4, -0.2) is 24.2 Å². The molecule has 0 saturated heterocycles. The van der Waals surface area contributed by atoms with Crippen molar-refractivity contribution in [3.63, 3.8) is 0 Å². The highest BCUT2D eigenvalue weighted by Gasteiger charge is 2.21. The van der Waals surface area contributed by atoms with Crippen LogP contribution in [0.4, 0.5) is 0 Å². The monoisotopic (exact) mass is 414 g/mol. The molecule has 0 aromatic carbocycles. The molecule has 0 aliphatic heterocycles. The fraction of sp³-hybridized carbons (Fsp3) is 0.920. The van der Waals surface area contributed by atoms with Crippen LogP contribution in [0.25, 0.3) is 0 Å². The highest BCUT2D eigenvalue weighted by Crippen LogP contribution is 2.34. The maximum atomic E-state index is 10.4. The molecular weight excluding hydrogens is 364 g/mol. The third-order valence-electron chi connectivity index (χ3n) is 4.98. The van der Waals surface area contributed by atoms with Gasteiger partial charge in [0.2, 0.25) is 0 Å². The smallest absolute Gasteiger partial charge is 0.305 e. The molecule has 2 saturated carbocycles. The minimum atomic E-state index is -0.713. The minimum Gasteiger partial charge on any atom is -0.481 e. The van der Waals surface area contributed by atoms with E-state index in [1.54, 1.807) is 0 Å². The van der Waals surface area contributed by atoms with Crippen LogP contribution in [0, 0.1) is 35.5 Å². The van der Waals surface area contributed by atoms with Crippen molar-refractivity contribution in [2.75, 3.05) is 7.11 Å². The molecule has 0 radical (unpaired) electrons. The summed E-state index contributed by atoms with van der Waals surface area (Å²) in [6.45, 7) is 17.0. The van der Waals surface area contributed by atoms with Gasteiger partial charge >= 0.3 is 11.9 Å². The number of carboxylic acid groups (broad SMARTS) is 1. The van der Waals surface area contributed by atoms with Crippen molar-refractivity contribution < 1.29 is 19.4 Å². The normalized spacial score (nSPS) is 15.5. The van der Waals surface area contributed by atoms with E-state index in [-0.39, 0.29) is 18.3 Å². The number of rotatable bonds is 7. The van der Waals surface area contributed by atoms with Gasteiger partial charge in [-0.1, -0.05) is 87.5 Å². The molecule has 0 aromatic heterocycles. The van der Waals surface area contributed by atoms with Crippen molar-refractivity contribution in [1.29, 1.82) is 0 Å². The van der Waals surface area contributed by atoms with Crippen molar-refractivity contribution in [3.05, 3.63) is 0 Å². The minimum absolute atomic E-state index is 0.125. The average Bonchev–Trinajstić information content (AvgIpc) is 3.27. The maximum Gasteiger partial charge on any atom is 0.305 e. The van der Waals surface area contributed by atoms with Gasteiger partial charge in [0.25, 0.3) is 0 Å². The van der Waals surface area contributed by atoms with Crippen LogP contribution in [0.1, 0.15) is 107 Å².